The Morgan fingerprint density at radius 1 is 1.08 bits per heavy atom. The number of thioether (sulfide) groups is 1. The second-order valence-corrected chi connectivity index (χ2v) is 7.77. The number of carbonyl (C=O) groups excluding carboxylic acids is 2. The fourth-order valence-electron chi connectivity index (χ4n) is 2.28. The Kier molecular flexibility index (Phi) is 7.08. The predicted molar refractivity (Wildman–Crippen MR) is 107 cm³/mol. The van der Waals surface area contributed by atoms with E-state index in [1.165, 1.54) is 16.7 Å². The molecule has 0 heterocycles. The summed E-state index contributed by atoms with van der Waals surface area (Å²) in [5.74, 6) is 0.0286. The third-order valence-corrected chi connectivity index (χ3v) is 5.25. The zero-order valence-electron chi connectivity index (χ0n) is 14.5. The average Bonchev–Trinajstić information content (AvgIpc) is 2.57. The van der Waals surface area contributed by atoms with Crippen molar-refractivity contribution in [3.05, 3.63) is 58.1 Å². The van der Waals surface area contributed by atoms with Crippen LogP contribution in [-0.4, -0.2) is 36.1 Å². The monoisotopic (exact) mass is 420 g/mol. The molecule has 0 aromatic heterocycles. The molecule has 0 saturated heterocycles. The molecule has 0 aliphatic carbocycles. The van der Waals surface area contributed by atoms with Crippen molar-refractivity contribution in [3.63, 3.8) is 0 Å². The molecule has 2 amide bonds. The average molecular weight is 421 g/mol. The highest BCUT2D eigenvalue weighted by Crippen LogP contribution is 2.21. The highest BCUT2D eigenvalue weighted by Gasteiger charge is 2.14. The summed E-state index contributed by atoms with van der Waals surface area (Å²) in [7, 11) is 1.65. The van der Waals surface area contributed by atoms with Crippen LogP contribution in [0.5, 0.6) is 0 Å². The molecule has 0 fully saturated rings. The van der Waals surface area contributed by atoms with E-state index in [0.717, 1.165) is 26.2 Å². The third kappa shape index (κ3) is 5.90. The lowest BCUT2D eigenvalue weighted by Crippen LogP contribution is -2.36. The number of nitrogens with one attached hydrogen (secondary N) is 1. The van der Waals surface area contributed by atoms with Crippen LogP contribution in [-0.2, 0) is 9.59 Å². The summed E-state index contributed by atoms with van der Waals surface area (Å²) < 4.78 is 1.00. The molecule has 6 heteroatoms. The first-order chi connectivity index (χ1) is 11.9. The molecule has 0 unspecified atom stereocenters. The number of benzene rings is 2. The predicted octanol–water partition coefficient (Wildman–Crippen LogP) is 4.26. The van der Waals surface area contributed by atoms with Gasteiger partial charge in [-0.05, 0) is 49.2 Å². The molecule has 0 bridgehead atoms. The minimum Gasteiger partial charge on any atom is -0.336 e. The van der Waals surface area contributed by atoms with E-state index in [4.69, 9.17) is 0 Å². The Morgan fingerprint density at radius 2 is 1.68 bits per heavy atom. The van der Waals surface area contributed by atoms with Crippen LogP contribution in [0.4, 0.5) is 5.69 Å². The van der Waals surface area contributed by atoms with E-state index in [-0.39, 0.29) is 18.4 Å². The lowest BCUT2D eigenvalue weighted by molar-refractivity contribution is -0.131. The molecule has 1 N–H and O–H groups in total. The molecule has 0 aliphatic heterocycles. The third-order valence-electron chi connectivity index (χ3n) is 3.73. The molecule has 0 atom stereocenters. The summed E-state index contributed by atoms with van der Waals surface area (Å²) in [6.07, 6.45) is 0. The number of aryl methyl sites for hydroxylation is 2. The zero-order valence-corrected chi connectivity index (χ0v) is 16.9. The van der Waals surface area contributed by atoms with Gasteiger partial charge in [0.2, 0.25) is 11.8 Å². The molecule has 132 valence electrons. The van der Waals surface area contributed by atoms with E-state index in [2.05, 4.69) is 21.2 Å². The van der Waals surface area contributed by atoms with Crippen molar-refractivity contribution in [2.45, 2.75) is 18.7 Å². The van der Waals surface area contributed by atoms with Crippen LogP contribution in [0.3, 0.4) is 0 Å². The summed E-state index contributed by atoms with van der Waals surface area (Å²) in [5.41, 5.74) is 2.83. The summed E-state index contributed by atoms with van der Waals surface area (Å²) in [6.45, 7) is 3.94. The lowest BCUT2D eigenvalue weighted by atomic mass is 10.1. The topological polar surface area (TPSA) is 49.4 Å². The van der Waals surface area contributed by atoms with Gasteiger partial charge in [-0.25, -0.2) is 0 Å². The van der Waals surface area contributed by atoms with Gasteiger partial charge in [0.05, 0.1) is 12.3 Å². The number of hydrogen-bond donors (Lipinski definition) is 1. The Labute approximate surface area is 161 Å². The molecule has 4 nitrogen and oxygen atoms in total. The minimum atomic E-state index is -0.193. The zero-order chi connectivity index (χ0) is 18.4. The van der Waals surface area contributed by atoms with Crippen LogP contribution in [0.25, 0.3) is 0 Å². The number of para-hydroxylation sites is 1. The van der Waals surface area contributed by atoms with E-state index in [1.807, 2.05) is 56.3 Å². The molecule has 2 aromatic rings. The quantitative estimate of drug-likeness (QED) is 0.710. The van der Waals surface area contributed by atoms with E-state index >= 15 is 0 Å². The van der Waals surface area contributed by atoms with Crippen LogP contribution in [0.1, 0.15) is 11.1 Å². The SMILES string of the molecule is Cc1cccc(C)c1NC(=O)CN(C)C(=O)CSc1ccc(Br)cc1. The number of rotatable bonds is 6. The molecular weight excluding hydrogens is 400 g/mol. The van der Waals surface area contributed by atoms with Crippen molar-refractivity contribution in [1.82, 2.24) is 4.90 Å². The summed E-state index contributed by atoms with van der Waals surface area (Å²) in [5, 5.41) is 2.90. The normalized spacial score (nSPS) is 10.4. The first kappa shape index (κ1) is 19.5. The molecule has 2 rings (SSSR count). The molecular formula is C19H21BrN2O2S. The maximum absolute atomic E-state index is 12.2. The second kappa shape index (κ2) is 9.06. The molecule has 0 spiro atoms. The number of nitrogens with zero attached hydrogens (tertiary/aromatic N) is 1. The maximum atomic E-state index is 12.2. The van der Waals surface area contributed by atoms with Gasteiger partial charge in [0.25, 0.3) is 0 Å². The van der Waals surface area contributed by atoms with E-state index < -0.39 is 0 Å². The number of amides is 2. The smallest absolute Gasteiger partial charge is 0.243 e. The Hall–Kier alpha value is -1.79. The van der Waals surface area contributed by atoms with Crippen molar-refractivity contribution in [2.75, 3.05) is 24.7 Å². The number of anilines is 1. The van der Waals surface area contributed by atoms with Crippen LogP contribution >= 0.6 is 27.7 Å². The molecule has 0 saturated carbocycles. The van der Waals surface area contributed by atoms with E-state index in [0.29, 0.717) is 5.75 Å². The van der Waals surface area contributed by atoms with Gasteiger partial charge in [-0.1, -0.05) is 34.1 Å². The van der Waals surface area contributed by atoms with Crippen molar-refractivity contribution in [2.24, 2.45) is 0 Å². The molecule has 0 aliphatic rings. The van der Waals surface area contributed by atoms with Gasteiger partial charge in [0.15, 0.2) is 0 Å². The minimum absolute atomic E-state index is 0.0352. The molecule has 25 heavy (non-hydrogen) atoms. The maximum Gasteiger partial charge on any atom is 0.243 e. The van der Waals surface area contributed by atoms with Crippen LogP contribution < -0.4 is 5.32 Å². The number of likely N-dealkylation sites (N-methyl/N-ethyl adjacent to an activating group) is 1. The molecule has 0 radical (unpaired) electrons. The largest absolute Gasteiger partial charge is 0.336 e. The standard InChI is InChI=1S/C19H21BrN2O2S/c1-13-5-4-6-14(2)19(13)21-17(23)11-22(3)18(24)12-25-16-9-7-15(20)8-10-16/h4-10H,11-12H2,1-3H3,(H,21,23). The van der Waals surface area contributed by atoms with Crippen molar-refractivity contribution < 1.29 is 9.59 Å². The van der Waals surface area contributed by atoms with Gasteiger partial charge in [-0.2, -0.15) is 0 Å². The fraction of sp³-hybridized carbons (Fsp3) is 0.263. The van der Waals surface area contributed by atoms with Gasteiger partial charge in [0, 0.05) is 22.1 Å². The summed E-state index contributed by atoms with van der Waals surface area (Å²) >= 11 is 4.84. The number of carbonyl (C=O) groups is 2. The van der Waals surface area contributed by atoms with Crippen LogP contribution in [0, 0.1) is 13.8 Å². The number of halogens is 1. The van der Waals surface area contributed by atoms with Crippen molar-refractivity contribution >= 4 is 45.2 Å². The first-order valence-corrected chi connectivity index (χ1v) is 9.63. The summed E-state index contributed by atoms with van der Waals surface area (Å²) in [6, 6.07) is 13.6. The van der Waals surface area contributed by atoms with E-state index in [9.17, 15) is 9.59 Å². The van der Waals surface area contributed by atoms with Gasteiger partial charge < -0.3 is 10.2 Å². The van der Waals surface area contributed by atoms with E-state index in [1.54, 1.807) is 7.05 Å². The van der Waals surface area contributed by atoms with Crippen LogP contribution in [0.15, 0.2) is 51.8 Å². The Balaban J connectivity index is 1.85. The van der Waals surface area contributed by atoms with Crippen molar-refractivity contribution in [3.8, 4) is 0 Å². The molecule has 2 aromatic carbocycles. The highest BCUT2D eigenvalue weighted by molar-refractivity contribution is 9.10. The fourth-order valence-corrected chi connectivity index (χ4v) is 3.38. The summed E-state index contributed by atoms with van der Waals surface area (Å²) in [4.78, 5) is 26.9. The van der Waals surface area contributed by atoms with Crippen LogP contribution in [0.2, 0.25) is 0 Å². The lowest BCUT2D eigenvalue weighted by Gasteiger charge is -2.18. The highest BCUT2D eigenvalue weighted by atomic mass is 79.9. The second-order valence-electron chi connectivity index (χ2n) is 5.81. The van der Waals surface area contributed by atoms with Gasteiger partial charge in [0.1, 0.15) is 0 Å². The Bertz CT molecular complexity index is 742. The number of hydrogen-bond acceptors (Lipinski definition) is 3. The van der Waals surface area contributed by atoms with Gasteiger partial charge >= 0.3 is 0 Å². The van der Waals surface area contributed by atoms with Gasteiger partial charge in [-0.15, -0.1) is 11.8 Å². The Morgan fingerprint density at radius 3 is 2.28 bits per heavy atom. The first-order valence-electron chi connectivity index (χ1n) is 7.85. The van der Waals surface area contributed by atoms with Crippen molar-refractivity contribution in [1.29, 1.82) is 0 Å². The van der Waals surface area contributed by atoms with Gasteiger partial charge in [-0.3, -0.25) is 9.59 Å².